The van der Waals surface area contributed by atoms with Crippen LogP contribution in [0.25, 0.3) is 0 Å². The summed E-state index contributed by atoms with van der Waals surface area (Å²) in [4.78, 5) is 11.6. The number of ketones is 1. The third-order valence-electron chi connectivity index (χ3n) is 4.33. The number of carbonyl (C=O) groups excluding carboxylic acids is 1. The molecule has 0 aliphatic carbocycles. The Hall–Kier alpha value is -0.196. The van der Waals surface area contributed by atoms with Crippen LogP contribution in [0.2, 0.25) is 37.8 Å². The van der Waals surface area contributed by atoms with Crippen LogP contribution in [-0.2, 0) is 4.79 Å². The summed E-state index contributed by atoms with van der Waals surface area (Å²) in [5.41, 5.74) is 2.18. The zero-order chi connectivity index (χ0) is 15.7. The SMILES string of the molecule is CC(=O)CC(O)(/C=C\[Si](C)(C)C)[Si](C)(C)C(C)(C)C. The summed E-state index contributed by atoms with van der Waals surface area (Å²) in [6, 6.07) is 0. The smallest absolute Gasteiger partial charge is 0.132 e. The molecule has 0 saturated heterocycles. The van der Waals surface area contributed by atoms with Gasteiger partial charge in [0.25, 0.3) is 0 Å². The molecule has 0 aliphatic heterocycles. The molecule has 0 rings (SSSR count). The Kier molecular flexibility index (Phi) is 5.60. The summed E-state index contributed by atoms with van der Waals surface area (Å²) >= 11 is 0. The maximum atomic E-state index is 11.6. The van der Waals surface area contributed by atoms with Crippen LogP contribution in [0.3, 0.4) is 0 Å². The van der Waals surface area contributed by atoms with Gasteiger partial charge in [-0.15, -0.1) is 0 Å². The topological polar surface area (TPSA) is 37.3 Å². The summed E-state index contributed by atoms with van der Waals surface area (Å²) in [5.74, 6) is 0.0625. The van der Waals surface area contributed by atoms with Crippen molar-refractivity contribution >= 4 is 21.9 Å². The van der Waals surface area contributed by atoms with Crippen LogP contribution in [0.5, 0.6) is 0 Å². The van der Waals surface area contributed by atoms with E-state index in [1.807, 2.05) is 6.08 Å². The molecule has 0 saturated carbocycles. The lowest BCUT2D eigenvalue weighted by molar-refractivity contribution is -0.119. The van der Waals surface area contributed by atoms with Gasteiger partial charge in [-0.05, 0) is 12.0 Å². The van der Waals surface area contributed by atoms with Crippen molar-refractivity contribution in [3.63, 3.8) is 0 Å². The average Bonchev–Trinajstić information content (AvgIpc) is 2.10. The summed E-state index contributed by atoms with van der Waals surface area (Å²) in [6.45, 7) is 19.2. The van der Waals surface area contributed by atoms with Crippen LogP contribution in [0, 0.1) is 0 Å². The highest BCUT2D eigenvalue weighted by molar-refractivity contribution is 6.84. The molecule has 0 amide bonds. The highest BCUT2D eigenvalue weighted by Gasteiger charge is 2.51. The van der Waals surface area contributed by atoms with Gasteiger partial charge in [-0.1, -0.05) is 65.3 Å². The normalized spacial score (nSPS) is 17.6. The number of aliphatic hydroxyl groups is 1. The quantitative estimate of drug-likeness (QED) is 0.773. The van der Waals surface area contributed by atoms with Crippen LogP contribution in [0.15, 0.2) is 11.8 Å². The van der Waals surface area contributed by atoms with Crippen molar-refractivity contribution in [3.8, 4) is 0 Å². The Bertz CT molecular complexity index is 359. The molecule has 1 N–H and O–H groups in total. The fourth-order valence-electron chi connectivity index (χ4n) is 1.90. The van der Waals surface area contributed by atoms with E-state index < -0.39 is 21.4 Å². The lowest BCUT2D eigenvalue weighted by atomic mass is 10.2. The van der Waals surface area contributed by atoms with Crippen molar-refractivity contribution < 1.29 is 9.90 Å². The Morgan fingerprint density at radius 3 is 1.79 bits per heavy atom. The first-order valence-corrected chi connectivity index (χ1v) is 13.6. The molecule has 0 spiro atoms. The van der Waals surface area contributed by atoms with Gasteiger partial charge in [0.15, 0.2) is 0 Å². The van der Waals surface area contributed by atoms with Gasteiger partial charge in [0, 0.05) is 6.42 Å². The maximum Gasteiger partial charge on any atom is 0.132 e. The van der Waals surface area contributed by atoms with Gasteiger partial charge in [-0.25, -0.2) is 0 Å². The van der Waals surface area contributed by atoms with Gasteiger partial charge in [0.05, 0.1) is 21.4 Å². The summed E-state index contributed by atoms with van der Waals surface area (Å²) < 4.78 is 0. The average molecular weight is 301 g/mol. The highest BCUT2D eigenvalue weighted by atomic mass is 28.3. The van der Waals surface area contributed by atoms with Gasteiger partial charge in [0.1, 0.15) is 5.78 Å². The first kappa shape index (κ1) is 18.8. The molecule has 0 aromatic heterocycles. The van der Waals surface area contributed by atoms with E-state index in [1.165, 1.54) is 0 Å². The van der Waals surface area contributed by atoms with Crippen molar-refractivity contribution in [2.75, 3.05) is 0 Å². The molecule has 1 unspecified atom stereocenters. The third-order valence-corrected chi connectivity index (χ3v) is 11.8. The Balaban J connectivity index is 5.67. The van der Waals surface area contributed by atoms with E-state index in [-0.39, 0.29) is 17.2 Å². The van der Waals surface area contributed by atoms with E-state index in [1.54, 1.807) is 6.92 Å². The van der Waals surface area contributed by atoms with Gasteiger partial charge in [-0.3, -0.25) is 4.79 Å². The van der Waals surface area contributed by atoms with Crippen LogP contribution in [0.1, 0.15) is 34.1 Å². The molecule has 112 valence electrons. The molecule has 19 heavy (non-hydrogen) atoms. The molecule has 0 aliphatic rings. The zero-order valence-electron chi connectivity index (χ0n) is 14.2. The molecular weight excluding hydrogens is 268 g/mol. The Morgan fingerprint density at radius 2 is 1.53 bits per heavy atom. The molecule has 0 aromatic carbocycles. The van der Waals surface area contributed by atoms with E-state index in [9.17, 15) is 9.90 Å². The van der Waals surface area contributed by atoms with E-state index in [4.69, 9.17) is 0 Å². The first-order valence-electron chi connectivity index (χ1n) is 7.05. The summed E-state index contributed by atoms with van der Waals surface area (Å²) in [6.07, 6.45) is 2.20. The van der Waals surface area contributed by atoms with Gasteiger partial charge >= 0.3 is 0 Å². The highest BCUT2D eigenvalue weighted by Crippen LogP contribution is 2.45. The van der Waals surface area contributed by atoms with Crippen LogP contribution < -0.4 is 0 Å². The van der Waals surface area contributed by atoms with Crippen LogP contribution in [0.4, 0.5) is 0 Å². The lowest BCUT2D eigenvalue weighted by Gasteiger charge is -2.48. The molecule has 0 heterocycles. The minimum atomic E-state index is -2.05. The van der Waals surface area contributed by atoms with Crippen molar-refractivity contribution in [2.24, 2.45) is 0 Å². The van der Waals surface area contributed by atoms with E-state index in [0.29, 0.717) is 0 Å². The second-order valence-corrected chi connectivity index (χ2v) is 19.1. The zero-order valence-corrected chi connectivity index (χ0v) is 16.2. The van der Waals surface area contributed by atoms with Crippen LogP contribution in [-0.4, -0.2) is 32.3 Å². The first-order chi connectivity index (χ1) is 8.12. The molecule has 0 radical (unpaired) electrons. The second kappa shape index (κ2) is 5.66. The minimum Gasteiger partial charge on any atom is -0.389 e. The van der Waals surface area contributed by atoms with Gasteiger partial charge in [-0.2, -0.15) is 0 Å². The number of hydrogen-bond acceptors (Lipinski definition) is 2. The number of rotatable bonds is 5. The van der Waals surface area contributed by atoms with Crippen molar-refractivity contribution in [3.05, 3.63) is 11.8 Å². The molecule has 4 heteroatoms. The minimum absolute atomic E-state index is 0.0426. The fraction of sp³-hybridized carbons (Fsp3) is 0.800. The molecule has 0 fully saturated rings. The summed E-state index contributed by atoms with van der Waals surface area (Å²) in [7, 11) is -3.44. The molecular formula is C15H32O2Si2. The maximum absolute atomic E-state index is 11.6. The van der Waals surface area contributed by atoms with E-state index in [2.05, 4.69) is 59.2 Å². The third kappa shape index (κ3) is 5.01. The largest absolute Gasteiger partial charge is 0.389 e. The van der Waals surface area contributed by atoms with Crippen molar-refractivity contribution in [1.29, 1.82) is 0 Å². The number of Topliss-reactive ketones (excluding diaryl/α,β-unsaturated/α-hetero) is 1. The summed E-state index contributed by atoms with van der Waals surface area (Å²) in [5, 5.41) is 10.3. The van der Waals surface area contributed by atoms with Crippen molar-refractivity contribution in [1.82, 2.24) is 0 Å². The van der Waals surface area contributed by atoms with Gasteiger partial charge < -0.3 is 5.11 Å². The predicted octanol–water partition coefficient (Wildman–Crippen LogP) is 4.18. The van der Waals surface area contributed by atoms with E-state index >= 15 is 0 Å². The molecule has 2 nitrogen and oxygen atoms in total. The van der Waals surface area contributed by atoms with Crippen molar-refractivity contribution in [2.45, 2.75) is 77.1 Å². The van der Waals surface area contributed by atoms with Crippen LogP contribution >= 0.6 is 0 Å². The molecule has 1 atom stereocenters. The monoisotopic (exact) mass is 300 g/mol. The number of carbonyl (C=O) groups is 1. The second-order valence-electron chi connectivity index (χ2n) is 8.38. The number of hydrogen-bond donors (Lipinski definition) is 1. The predicted molar refractivity (Wildman–Crippen MR) is 89.9 cm³/mol. The fourth-order valence-corrected chi connectivity index (χ4v) is 5.34. The van der Waals surface area contributed by atoms with Gasteiger partial charge in [0.2, 0.25) is 0 Å². The molecule has 0 bridgehead atoms. The standard InChI is InChI=1S/C15H32O2Si2/c1-13(16)12-15(17,10-11-18(5,6)7)19(8,9)14(2,3)4/h10-11,17H,12H2,1-9H3/b11-10-. The Labute approximate surface area is 121 Å². The van der Waals surface area contributed by atoms with E-state index in [0.717, 1.165) is 0 Å². The lowest BCUT2D eigenvalue weighted by Crippen LogP contribution is -2.59. The molecule has 0 aromatic rings. The Morgan fingerprint density at radius 1 is 1.11 bits per heavy atom.